The fourth-order valence-electron chi connectivity index (χ4n) is 2.20. The molecule has 0 aliphatic carbocycles. The molecule has 0 aliphatic heterocycles. The highest BCUT2D eigenvalue weighted by atomic mass is 15.2. The molecule has 0 fully saturated rings. The quantitative estimate of drug-likeness (QED) is 0.928. The Bertz CT molecular complexity index is 737. The Morgan fingerprint density at radius 2 is 1.81 bits per heavy atom. The number of aromatic nitrogens is 2. The van der Waals surface area contributed by atoms with E-state index in [-0.39, 0.29) is 0 Å². The van der Waals surface area contributed by atoms with Crippen LogP contribution in [0.15, 0.2) is 24.3 Å². The summed E-state index contributed by atoms with van der Waals surface area (Å²) in [5.74, 6) is 0.397. The lowest BCUT2D eigenvalue weighted by Gasteiger charge is -2.12. The van der Waals surface area contributed by atoms with E-state index in [9.17, 15) is 5.26 Å². The van der Waals surface area contributed by atoms with Crippen LogP contribution in [0.2, 0.25) is 0 Å². The molecule has 21 heavy (non-hydrogen) atoms. The van der Waals surface area contributed by atoms with Crippen molar-refractivity contribution in [3.63, 3.8) is 0 Å². The van der Waals surface area contributed by atoms with Gasteiger partial charge in [0.1, 0.15) is 17.7 Å². The molecule has 104 valence electrons. The molecule has 0 saturated heterocycles. The molecule has 0 radical (unpaired) electrons. The summed E-state index contributed by atoms with van der Waals surface area (Å²) in [4.78, 5) is 0. The highest BCUT2D eigenvalue weighted by molar-refractivity contribution is 5.69. The average Bonchev–Trinajstić information content (AvgIpc) is 2.54. The van der Waals surface area contributed by atoms with E-state index in [1.54, 1.807) is 18.2 Å². The molecule has 0 amide bonds. The zero-order valence-corrected chi connectivity index (χ0v) is 12.0. The van der Waals surface area contributed by atoms with E-state index in [1.165, 1.54) is 0 Å². The van der Waals surface area contributed by atoms with Crippen molar-refractivity contribution in [2.75, 3.05) is 5.32 Å². The van der Waals surface area contributed by atoms with Gasteiger partial charge in [0, 0.05) is 0 Å². The molecule has 1 aromatic heterocycles. The third kappa shape index (κ3) is 2.82. The fraction of sp³-hybridized carbons (Fsp3) is 0.250. The Labute approximate surface area is 123 Å². The molecule has 0 unspecified atom stereocenters. The first-order valence-electron chi connectivity index (χ1n) is 6.79. The van der Waals surface area contributed by atoms with Gasteiger partial charge in [-0.25, -0.2) is 0 Å². The smallest absolute Gasteiger partial charge is 0.171 e. The zero-order valence-electron chi connectivity index (χ0n) is 12.0. The minimum atomic E-state index is 0.397. The normalized spacial score (nSPS) is 9.71. The Hall–Kier alpha value is -2.92. The van der Waals surface area contributed by atoms with Crippen LogP contribution in [0.3, 0.4) is 0 Å². The lowest BCUT2D eigenvalue weighted by molar-refractivity contribution is 0.877. The van der Waals surface area contributed by atoms with Crippen molar-refractivity contribution in [2.24, 2.45) is 0 Å². The number of nitriles is 2. The molecule has 1 N–H and O–H groups in total. The van der Waals surface area contributed by atoms with Crippen molar-refractivity contribution in [3.8, 4) is 12.1 Å². The van der Waals surface area contributed by atoms with E-state index < -0.39 is 0 Å². The minimum Gasteiger partial charge on any atom is -0.337 e. The zero-order chi connectivity index (χ0) is 15.2. The van der Waals surface area contributed by atoms with Crippen LogP contribution < -0.4 is 5.32 Å². The molecule has 2 rings (SSSR count). The number of nitrogens with zero attached hydrogens (tertiary/aromatic N) is 4. The van der Waals surface area contributed by atoms with Gasteiger partial charge < -0.3 is 5.32 Å². The molecule has 2 aromatic rings. The molecule has 5 heteroatoms. The molecular weight excluding hydrogens is 262 g/mol. The first kappa shape index (κ1) is 14.5. The second-order valence-electron chi connectivity index (χ2n) is 4.45. The van der Waals surface area contributed by atoms with Crippen LogP contribution in [-0.2, 0) is 12.8 Å². The highest BCUT2D eigenvalue weighted by Crippen LogP contribution is 2.24. The molecule has 5 nitrogen and oxygen atoms in total. The molecule has 1 aromatic carbocycles. The van der Waals surface area contributed by atoms with Gasteiger partial charge in [-0.05, 0) is 30.5 Å². The number of nitrogens with one attached hydrogen (secondary N) is 1. The number of para-hydroxylation sites is 1. The van der Waals surface area contributed by atoms with E-state index in [0.717, 1.165) is 24.1 Å². The van der Waals surface area contributed by atoms with E-state index in [2.05, 4.69) is 27.7 Å². The molecule has 0 bridgehead atoms. The third-order valence-electron chi connectivity index (χ3n) is 3.26. The van der Waals surface area contributed by atoms with Crippen LogP contribution in [0.4, 0.5) is 11.5 Å². The van der Waals surface area contributed by atoms with Gasteiger partial charge in [0.25, 0.3) is 0 Å². The fourth-order valence-corrected chi connectivity index (χ4v) is 2.20. The maximum absolute atomic E-state index is 9.43. The van der Waals surface area contributed by atoms with E-state index >= 15 is 0 Å². The van der Waals surface area contributed by atoms with Crippen LogP contribution in [0, 0.1) is 22.7 Å². The molecule has 1 heterocycles. The summed E-state index contributed by atoms with van der Waals surface area (Å²) in [5.41, 5.74) is 3.37. The Morgan fingerprint density at radius 3 is 2.43 bits per heavy atom. The summed E-state index contributed by atoms with van der Waals surface area (Å²) in [7, 11) is 0. The monoisotopic (exact) mass is 277 g/mol. The lowest BCUT2D eigenvalue weighted by atomic mass is 10.0. The summed E-state index contributed by atoms with van der Waals surface area (Å²) in [6.45, 7) is 3.98. The molecule has 0 saturated carbocycles. The largest absolute Gasteiger partial charge is 0.337 e. The number of benzene rings is 1. The predicted octanol–water partition coefficient (Wildman–Crippen LogP) is 3.09. The van der Waals surface area contributed by atoms with Crippen molar-refractivity contribution in [3.05, 3.63) is 46.6 Å². The first-order valence-corrected chi connectivity index (χ1v) is 6.79. The van der Waals surface area contributed by atoms with Gasteiger partial charge in [0.2, 0.25) is 0 Å². The minimum absolute atomic E-state index is 0.397. The summed E-state index contributed by atoms with van der Waals surface area (Å²) >= 11 is 0. The van der Waals surface area contributed by atoms with Crippen molar-refractivity contribution in [1.29, 1.82) is 10.5 Å². The number of hydrogen-bond donors (Lipinski definition) is 1. The number of anilines is 2. The molecule has 0 aliphatic rings. The average molecular weight is 277 g/mol. The third-order valence-corrected chi connectivity index (χ3v) is 3.26. The Balaban J connectivity index is 2.51. The Morgan fingerprint density at radius 1 is 1.05 bits per heavy atom. The number of rotatable bonds is 4. The first-order chi connectivity index (χ1) is 10.2. The molecular formula is C16H15N5. The van der Waals surface area contributed by atoms with Crippen molar-refractivity contribution >= 4 is 11.5 Å². The van der Waals surface area contributed by atoms with Gasteiger partial charge in [-0.3, -0.25) is 0 Å². The SMILES string of the molecule is CCc1nnc(Nc2ccccc2C#N)c(C#N)c1CC. The summed E-state index contributed by atoms with van der Waals surface area (Å²) in [6.07, 6.45) is 1.45. The highest BCUT2D eigenvalue weighted by Gasteiger charge is 2.15. The number of aryl methyl sites for hydroxylation is 1. The van der Waals surface area contributed by atoms with Gasteiger partial charge in [0.15, 0.2) is 5.82 Å². The standard InChI is InChI=1S/C16H15N5/c1-3-12-13(10-18)16(21-20-14(12)4-2)19-15-8-6-5-7-11(15)9-17/h5-8H,3-4H2,1-2H3,(H,19,21). The van der Waals surface area contributed by atoms with Crippen LogP contribution in [0.25, 0.3) is 0 Å². The van der Waals surface area contributed by atoms with Crippen LogP contribution in [0.5, 0.6) is 0 Å². The van der Waals surface area contributed by atoms with Crippen LogP contribution in [0.1, 0.15) is 36.2 Å². The van der Waals surface area contributed by atoms with Gasteiger partial charge in [0.05, 0.1) is 16.9 Å². The maximum Gasteiger partial charge on any atom is 0.171 e. The second-order valence-corrected chi connectivity index (χ2v) is 4.45. The number of hydrogen-bond acceptors (Lipinski definition) is 5. The topological polar surface area (TPSA) is 85.4 Å². The van der Waals surface area contributed by atoms with Crippen molar-refractivity contribution < 1.29 is 0 Å². The lowest BCUT2D eigenvalue weighted by Crippen LogP contribution is -2.07. The summed E-state index contributed by atoms with van der Waals surface area (Å²) in [6, 6.07) is 11.4. The summed E-state index contributed by atoms with van der Waals surface area (Å²) in [5, 5.41) is 29.9. The molecule has 0 spiro atoms. The predicted molar refractivity (Wildman–Crippen MR) is 79.9 cm³/mol. The van der Waals surface area contributed by atoms with Gasteiger partial charge in [-0.2, -0.15) is 15.6 Å². The maximum atomic E-state index is 9.43. The van der Waals surface area contributed by atoms with Crippen molar-refractivity contribution in [1.82, 2.24) is 10.2 Å². The summed E-state index contributed by atoms with van der Waals surface area (Å²) < 4.78 is 0. The van der Waals surface area contributed by atoms with E-state index in [4.69, 9.17) is 5.26 Å². The van der Waals surface area contributed by atoms with Crippen molar-refractivity contribution in [2.45, 2.75) is 26.7 Å². The van der Waals surface area contributed by atoms with Gasteiger partial charge in [-0.15, -0.1) is 5.10 Å². The van der Waals surface area contributed by atoms with E-state index in [1.807, 2.05) is 19.9 Å². The van der Waals surface area contributed by atoms with Crippen LogP contribution >= 0.6 is 0 Å². The second kappa shape index (κ2) is 6.49. The van der Waals surface area contributed by atoms with E-state index in [0.29, 0.717) is 22.6 Å². The van der Waals surface area contributed by atoms with Gasteiger partial charge in [-0.1, -0.05) is 26.0 Å². The van der Waals surface area contributed by atoms with Gasteiger partial charge >= 0.3 is 0 Å². The Kier molecular flexibility index (Phi) is 4.48. The van der Waals surface area contributed by atoms with Crippen LogP contribution in [-0.4, -0.2) is 10.2 Å². The molecule has 0 atom stereocenters.